The first kappa shape index (κ1) is 14.8. The quantitative estimate of drug-likeness (QED) is 0.946. The molecule has 1 aromatic carbocycles. The van der Waals surface area contributed by atoms with E-state index in [0.717, 1.165) is 38.0 Å². The van der Waals surface area contributed by atoms with Crippen molar-refractivity contribution in [3.8, 4) is 6.07 Å². The summed E-state index contributed by atoms with van der Waals surface area (Å²) in [6.45, 7) is 2.97. The predicted molar refractivity (Wildman–Crippen MR) is 90.6 cm³/mol. The van der Waals surface area contributed by atoms with Gasteiger partial charge in [-0.2, -0.15) is 5.26 Å². The molecule has 3 rings (SSSR count). The van der Waals surface area contributed by atoms with Crippen molar-refractivity contribution < 1.29 is 0 Å². The molecule has 0 radical (unpaired) electrons. The van der Waals surface area contributed by atoms with Gasteiger partial charge in [0.25, 0.3) is 0 Å². The third kappa shape index (κ3) is 3.53. The van der Waals surface area contributed by atoms with Gasteiger partial charge in [0.15, 0.2) is 5.13 Å². The minimum atomic E-state index is 0.690. The third-order valence-corrected chi connectivity index (χ3v) is 4.79. The highest BCUT2D eigenvalue weighted by Gasteiger charge is 2.16. The number of benzene rings is 1. The van der Waals surface area contributed by atoms with Crippen LogP contribution in [0, 0.1) is 11.3 Å². The molecule has 1 aliphatic heterocycles. The van der Waals surface area contributed by atoms with E-state index in [2.05, 4.69) is 28.1 Å². The highest BCUT2D eigenvalue weighted by Crippen LogP contribution is 2.24. The van der Waals surface area contributed by atoms with Crippen molar-refractivity contribution in [2.75, 3.05) is 25.4 Å². The zero-order valence-corrected chi connectivity index (χ0v) is 13.1. The summed E-state index contributed by atoms with van der Waals surface area (Å²) < 4.78 is 0. The number of nitriles is 1. The molecule has 1 aliphatic rings. The maximum absolute atomic E-state index is 8.91. The molecule has 0 amide bonds. The van der Waals surface area contributed by atoms with Crippen LogP contribution in [0.1, 0.15) is 21.7 Å². The summed E-state index contributed by atoms with van der Waals surface area (Å²) in [5.74, 6) is 0. The van der Waals surface area contributed by atoms with Crippen molar-refractivity contribution in [2.24, 2.45) is 0 Å². The number of hydrogen-bond donors (Lipinski definition) is 1. The molecule has 0 atom stereocenters. The molecule has 0 aliphatic carbocycles. The maximum Gasteiger partial charge on any atom is 0.180 e. The van der Waals surface area contributed by atoms with E-state index in [9.17, 15) is 0 Å². The number of nitrogens with two attached hydrogens (primary N) is 1. The van der Waals surface area contributed by atoms with Crippen LogP contribution in [0.2, 0.25) is 0 Å². The number of thiazole rings is 1. The molecule has 0 fully saturated rings. The Kier molecular flexibility index (Phi) is 4.52. The van der Waals surface area contributed by atoms with Crippen LogP contribution in [0.25, 0.3) is 6.08 Å². The lowest BCUT2D eigenvalue weighted by Gasteiger charge is -2.17. The van der Waals surface area contributed by atoms with Gasteiger partial charge in [0.05, 0.1) is 17.3 Å². The molecule has 0 bridgehead atoms. The van der Waals surface area contributed by atoms with E-state index in [0.29, 0.717) is 10.7 Å². The SMILES string of the molecule is N#Cc1cccc(/C=C/CN2CCc3nc(N)sc3CC2)c1. The van der Waals surface area contributed by atoms with Gasteiger partial charge >= 0.3 is 0 Å². The van der Waals surface area contributed by atoms with Gasteiger partial charge in [0.1, 0.15) is 0 Å². The lowest BCUT2D eigenvalue weighted by molar-refractivity contribution is 0.318. The Hall–Kier alpha value is -2.16. The van der Waals surface area contributed by atoms with Gasteiger partial charge in [-0.25, -0.2) is 4.98 Å². The number of anilines is 1. The van der Waals surface area contributed by atoms with E-state index >= 15 is 0 Å². The average Bonchev–Trinajstić information content (AvgIpc) is 2.79. The van der Waals surface area contributed by atoms with Crippen LogP contribution in [-0.4, -0.2) is 29.5 Å². The summed E-state index contributed by atoms with van der Waals surface area (Å²) in [6.07, 6.45) is 6.25. The van der Waals surface area contributed by atoms with Crippen LogP contribution in [-0.2, 0) is 12.8 Å². The zero-order chi connectivity index (χ0) is 15.4. The van der Waals surface area contributed by atoms with Gasteiger partial charge in [0, 0.05) is 30.9 Å². The van der Waals surface area contributed by atoms with Gasteiger partial charge in [0.2, 0.25) is 0 Å². The molecule has 0 saturated heterocycles. The molecule has 0 unspecified atom stereocenters. The van der Waals surface area contributed by atoms with Crippen molar-refractivity contribution in [1.82, 2.24) is 9.88 Å². The number of nitrogens with zero attached hydrogens (tertiary/aromatic N) is 3. The smallest absolute Gasteiger partial charge is 0.180 e. The summed E-state index contributed by atoms with van der Waals surface area (Å²) in [7, 11) is 0. The Morgan fingerprint density at radius 3 is 3.09 bits per heavy atom. The molecule has 22 heavy (non-hydrogen) atoms. The summed E-state index contributed by atoms with van der Waals surface area (Å²) in [5.41, 5.74) is 8.72. The summed E-state index contributed by atoms with van der Waals surface area (Å²) in [6, 6.07) is 9.83. The highest BCUT2D eigenvalue weighted by atomic mass is 32.1. The van der Waals surface area contributed by atoms with E-state index in [1.165, 1.54) is 10.6 Å². The molecule has 2 aromatic rings. The summed E-state index contributed by atoms with van der Waals surface area (Å²) >= 11 is 1.62. The van der Waals surface area contributed by atoms with Crippen molar-refractivity contribution in [1.29, 1.82) is 5.26 Å². The number of fused-ring (bicyclic) bond motifs is 1. The van der Waals surface area contributed by atoms with Crippen LogP contribution in [0.5, 0.6) is 0 Å². The van der Waals surface area contributed by atoms with Crippen LogP contribution < -0.4 is 5.73 Å². The zero-order valence-electron chi connectivity index (χ0n) is 12.3. The van der Waals surface area contributed by atoms with Gasteiger partial charge < -0.3 is 5.73 Å². The van der Waals surface area contributed by atoms with E-state index in [-0.39, 0.29) is 0 Å². The highest BCUT2D eigenvalue weighted by molar-refractivity contribution is 7.15. The molecule has 1 aromatic heterocycles. The van der Waals surface area contributed by atoms with Crippen LogP contribution in [0.4, 0.5) is 5.13 Å². The average molecular weight is 310 g/mol. The number of nitrogen functional groups attached to an aromatic ring is 1. The Bertz CT molecular complexity index is 701. The molecule has 0 saturated carbocycles. The summed E-state index contributed by atoms with van der Waals surface area (Å²) in [4.78, 5) is 8.18. The van der Waals surface area contributed by atoms with E-state index in [4.69, 9.17) is 11.0 Å². The topological polar surface area (TPSA) is 65.9 Å². The first-order valence-electron chi connectivity index (χ1n) is 7.38. The maximum atomic E-state index is 8.91. The second-order valence-corrected chi connectivity index (χ2v) is 6.48. The lowest BCUT2D eigenvalue weighted by atomic mass is 10.1. The minimum Gasteiger partial charge on any atom is -0.375 e. The molecule has 112 valence electrons. The largest absolute Gasteiger partial charge is 0.375 e. The van der Waals surface area contributed by atoms with Crippen LogP contribution in [0.3, 0.4) is 0 Å². The van der Waals surface area contributed by atoms with Gasteiger partial charge in [-0.1, -0.05) is 24.3 Å². The van der Waals surface area contributed by atoms with Gasteiger partial charge in [-0.05, 0) is 24.1 Å². The van der Waals surface area contributed by atoms with E-state index in [1.807, 2.05) is 24.3 Å². The fourth-order valence-corrected chi connectivity index (χ4v) is 3.53. The fraction of sp³-hybridized carbons (Fsp3) is 0.294. The molecule has 2 heterocycles. The van der Waals surface area contributed by atoms with Gasteiger partial charge in [-0.15, -0.1) is 11.3 Å². The Balaban J connectivity index is 1.57. The molecule has 2 N–H and O–H groups in total. The number of hydrogen-bond acceptors (Lipinski definition) is 5. The molecule has 0 spiro atoms. The Morgan fingerprint density at radius 2 is 2.23 bits per heavy atom. The monoisotopic (exact) mass is 310 g/mol. The Labute approximate surface area is 134 Å². The van der Waals surface area contributed by atoms with Crippen LogP contribution >= 0.6 is 11.3 Å². The third-order valence-electron chi connectivity index (χ3n) is 3.80. The minimum absolute atomic E-state index is 0.690. The first-order valence-corrected chi connectivity index (χ1v) is 8.19. The molecular formula is C17H18N4S. The van der Waals surface area contributed by atoms with Crippen molar-refractivity contribution in [2.45, 2.75) is 12.8 Å². The Morgan fingerprint density at radius 1 is 1.36 bits per heavy atom. The van der Waals surface area contributed by atoms with Crippen LogP contribution in [0.15, 0.2) is 30.3 Å². The second kappa shape index (κ2) is 6.73. The molecule has 4 nitrogen and oxygen atoms in total. The normalized spacial score (nSPS) is 15.4. The van der Waals surface area contributed by atoms with E-state index < -0.39 is 0 Å². The first-order chi connectivity index (χ1) is 10.7. The molecular weight excluding hydrogens is 292 g/mol. The van der Waals surface area contributed by atoms with Crippen molar-refractivity contribution >= 4 is 22.5 Å². The fourth-order valence-electron chi connectivity index (χ4n) is 2.66. The van der Waals surface area contributed by atoms with Crippen molar-refractivity contribution in [3.05, 3.63) is 52.0 Å². The lowest BCUT2D eigenvalue weighted by Crippen LogP contribution is -2.26. The predicted octanol–water partition coefficient (Wildman–Crippen LogP) is 2.71. The number of rotatable bonds is 3. The number of aromatic nitrogens is 1. The van der Waals surface area contributed by atoms with Gasteiger partial charge in [-0.3, -0.25) is 4.90 Å². The second-order valence-electron chi connectivity index (χ2n) is 5.36. The molecule has 5 heteroatoms. The van der Waals surface area contributed by atoms with Crippen molar-refractivity contribution in [3.63, 3.8) is 0 Å². The summed E-state index contributed by atoms with van der Waals surface area (Å²) in [5, 5.41) is 9.60. The standard InChI is InChI=1S/C17H18N4S/c18-12-14-4-1-3-13(11-14)5-2-8-21-9-6-15-16(7-10-21)22-17(19)20-15/h1-5,11H,6-10H2,(H2,19,20)/b5-2+. The van der Waals surface area contributed by atoms with E-state index in [1.54, 1.807) is 11.3 Å².